The topological polar surface area (TPSA) is 72.9 Å². The van der Waals surface area contributed by atoms with E-state index in [1.54, 1.807) is 27.6 Å². The quantitative estimate of drug-likeness (QED) is 0.905. The van der Waals surface area contributed by atoms with Crippen LogP contribution in [0.3, 0.4) is 0 Å². The third kappa shape index (κ3) is 3.62. The van der Waals surface area contributed by atoms with Crippen molar-refractivity contribution in [3.63, 3.8) is 0 Å². The first kappa shape index (κ1) is 15.0. The Balaban J connectivity index is 1.59. The molecule has 0 atom stereocenters. The van der Waals surface area contributed by atoms with E-state index >= 15 is 0 Å². The monoisotopic (exact) mass is 302 g/mol. The van der Waals surface area contributed by atoms with Crippen molar-refractivity contribution in [3.8, 4) is 0 Å². The second kappa shape index (κ2) is 6.44. The van der Waals surface area contributed by atoms with Crippen molar-refractivity contribution < 1.29 is 5.11 Å². The molecule has 6 heteroatoms. The molecular formula is C16H22N4O2. The standard InChI is InChI=1S/C16H22N4O2/c21-15-6-2-5-9-19(15)10-11-20-13-14(17-18-20)12-16(22)7-3-1-4-8-16/h2,5-6,9,13,22H,1,3-4,7-8,10-12H2. The van der Waals surface area contributed by atoms with Crippen molar-refractivity contribution in [2.45, 2.75) is 57.2 Å². The molecule has 2 aromatic heterocycles. The van der Waals surface area contributed by atoms with Crippen LogP contribution in [0.2, 0.25) is 0 Å². The highest BCUT2D eigenvalue weighted by Gasteiger charge is 2.30. The summed E-state index contributed by atoms with van der Waals surface area (Å²) in [5.41, 5.74) is 0.194. The van der Waals surface area contributed by atoms with Crippen molar-refractivity contribution in [2.75, 3.05) is 0 Å². The number of hydrogen-bond acceptors (Lipinski definition) is 4. The van der Waals surface area contributed by atoms with Gasteiger partial charge in [-0.3, -0.25) is 9.48 Å². The van der Waals surface area contributed by atoms with Crippen molar-refractivity contribution in [1.82, 2.24) is 19.6 Å². The molecule has 1 fully saturated rings. The molecule has 22 heavy (non-hydrogen) atoms. The first-order valence-electron chi connectivity index (χ1n) is 7.92. The van der Waals surface area contributed by atoms with Gasteiger partial charge < -0.3 is 9.67 Å². The average molecular weight is 302 g/mol. The van der Waals surface area contributed by atoms with E-state index in [0.29, 0.717) is 19.5 Å². The summed E-state index contributed by atoms with van der Waals surface area (Å²) in [6, 6.07) is 5.12. The first-order valence-corrected chi connectivity index (χ1v) is 7.92. The summed E-state index contributed by atoms with van der Waals surface area (Å²) in [6.45, 7) is 1.15. The number of rotatable bonds is 5. The lowest BCUT2D eigenvalue weighted by molar-refractivity contribution is 0.00364. The summed E-state index contributed by atoms with van der Waals surface area (Å²) >= 11 is 0. The molecule has 118 valence electrons. The fourth-order valence-electron chi connectivity index (χ4n) is 3.11. The Morgan fingerprint density at radius 1 is 1.18 bits per heavy atom. The number of nitrogens with zero attached hydrogens (tertiary/aromatic N) is 4. The number of aliphatic hydroxyl groups is 1. The Kier molecular flexibility index (Phi) is 4.38. The molecule has 3 rings (SSSR count). The molecule has 0 unspecified atom stereocenters. The maximum Gasteiger partial charge on any atom is 0.250 e. The molecule has 1 saturated carbocycles. The van der Waals surface area contributed by atoms with Crippen LogP contribution in [-0.2, 0) is 19.5 Å². The fourth-order valence-corrected chi connectivity index (χ4v) is 3.11. The second-order valence-electron chi connectivity index (χ2n) is 6.17. The van der Waals surface area contributed by atoms with Crippen LogP contribution < -0.4 is 5.56 Å². The first-order chi connectivity index (χ1) is 10.6. The van der Waals surface area contributed by atoms with E-state index in [1.807, 2.05) is 12.3 Å². The summed E-state index contributed by atoms with van der Waals surface area (Å²) in [7, 11) is 0. The molecule has 6 nitrogen and oxygen atoms in total. The zero-order chi connectivity index (χ0) is 15.4. The molecule has 1 aliphatic rings. The zero-order valence-corrected chi connectivity index (χ0v) is 12.7. The third-order valence-corrected chi connectivity index (χ3v) is 4.35. The largest absolute Gasteiger partial charge is 0.389 e. The minimum atomic E-state index is -0.616. The van der Waals surface area contributed by atoms with E-state index < -0.39 is 5.60 Å². The summed E-state index contributed by atoms with van der Waals surface area (Å²) in [6.07, 6.45) is 9.28. The van der Waals surface area contributed by atoms with E-state index in [4.69, 9.17) is 0 Å². The van der Waals surface area contributed by atoms with Crippen LogP contribution in [0.4, 0.5) is 0 Å². The molecular weight excluding hydrogens is 280 g/mol. The van der Waals surface area contributed by atoms with Gasteiger partial charge in [0.25, 0.3) is 5.56 Å². The maximum absolute atomic E-state index is 11.6. The molecule has 1 N–H and O–H groups in total. The van der Waals surface area contributed by atoms with Crippen molar-refractivity contribution in [2.24, 2.45) is 0 Å². The van der Waals surface area contributed by atoms with Crippen molar-refractivity contribution in [1.29, 1.82) is 0 Å². The summed E-state index contributed by atoms with van der Waals surface area (Å²) < 4.78 is 3.39. The van der Waals surface area contributed by atoms with Crippen LogP contribution >= 0.6 is 0 Å². The smallest absolute Gasteiger partial charge is 0.250 e. The highest BCUT2D eigenvalue weighted by atomic mass is 16.3. The Morgan fingerprint density at radius 3 is 2.77 bits per heavy atom. The van der Waals surface area contributed by atoms with Crippen LogP contribution in [0, 0.1) is 0 Å². The van der Waals surface area contributed by atoms with Gasteiger partial charge in [-0.05, 0) is 18.9 Å². The van der Waals surface area contributed by atoms with Gasteiger partial charge in [0.15, 0.2) is 0 Å². The SMILES string of the molecule is O=c1ccccn1CCn1cc(CC2(O)CCCCC2)nn1. The fraction of sp³-hybridized carbons (Fsp3) is 0.562. The molecule has 1 aliphatic carbocycles. The number of pyridine rings is 1. The second-order valence-corrected chi connectivity index (χ2v) is 6.17. The van der Waals surface area contributed by atoms with Crippen LogP contribution in [-0.4, -0.2) is 30.3 Å². The van der Waals surface area contributed by atoms with E-state index in [2.05, 4.69) is 10.3 Å². The van der Waals surface area contributed by atoms with Crippen molar-refractivity contribution in [3.05, 3.63) is 46.6 Å². The van der Waals surface area contributed by atoms with E-state index in [0.717, 1.165) is 31.4 Å². The Hall–Kier alpha value is -1.95. The average Bonchev–Trinajstić information content (AvgIpc) is 2.94. The molecule has 0 amide bonds. The number of aryl methyl sites for hydroxylation is 2. The number of aromatic nitrogens is 4. The molecule has 0 aromatic carbocycles. The van der Waals surface area contributed by atoms with Gasteiger partial charge in [0.2, 0.25) is 0 Å². The van der Waals surface area contributed by atoms with Crippen LogP contribution in [0.5, 0.6) is 0 Å². The number of hydrogen-bond donors (Lipinski definition) is 1. The maximum atomic E-state index is 11.6. The van der Waals surface area contributed by atoms with Gasteiger partial charge in [0, 0.05) is 31.4 Å². The minimum absolute atomic E-state index is 0.0145. The van der Waals surface area contributed by atoms with Gasteiger partial charge in [-0.15, -0.1) is 5.10 Å². The van der Waals surface area contributed by atoms with Gasteiger partial charge >= 0.3 is 0 Å². The molecule has 2 heterocycles. The minimum Gasteiger partial charge on any atom is -0.389 e. The molecule has 0 radical (unpaired) electrons. The lowest BCUT2D eigenvalue weighted by Crippen LogP contribution is -2.33. The van der Waals surface area contributed by atoms with Gasteiger partial charge in [0.1, 0.15) is 0 Å². The molecule has 0 bridgehead atoms. The van der Waals surface area contributed by atoms with Crippen molar-refractivity contribution >= 4 is 0 Å². The van der Waals surface area contributed by atoms with Crippen LogP contribution in [0.1, 0.15) is 37.8 Å². The Morgan fingerprint density at radius 2 is 2.00 bits per heavy atom. The van der Waals surface area contributed by atoms with Gasteiger partial charge in [-0.25, -0.2) is 0 Å². The Bertz CT molecular complexity index is 671. The Labute approximate surface area is 129 Å². The highest BCUT2D eigenvalue weighted by Crippen LogP contribution is 2.30. The summed E-state index contributed by atoms with van der Waals surface area (Å²) in [5.74, 6) is 0. The van der Waals surface area contributed by atoms with Gasteiger partial charge in [0.05, 0.1) is 17.8 Å². The third-order valence-electron chi connectivity index (χ3n) is 4.35. The highest BCUT2D eigenvalue weighted by molar-refractivity contribution is 5.01. The molecule has 0 aliphatic heterocycles. The predicted molar refractivity (Wildman–Crippen MR) is 82.5 cm³/mol. The summed E-state index contributed by atoms with van der Waals surface area (Å²) in [4.78, 5) is 11.6. The normalized spacial score (nSPS) is 17.5. The van der Waals surface area contributed by atoms with E-state index in [-0.39, 0.29) is 5.56 Å². The van der Waals surface area contributed by atoms with Crippen LogP contribution in [0.25, 0.3) is 0 Å². The van der Waals surface area contributed by atoms with Gasteiger partial charge in [-0.2, -0.15) is 0 Å². The zero-order valence-electron chi connectivity index (χ0n) is 12.7. The molecule has 2 aromatic rings. The van der Waals surface area contributed by atoms with Gasteiger partial charge in [-0.1, -0.05) is 30.5 Å². The van der Waals surface area contributed by atoms with E-state index in [1.165, 1.54) is 6.42 Å². The lowest BCUT2D eigenvalue weighted by atomic mass is 9.82. The summed E-state index contributed by atoms with van der Waals surface area (Å²) in [5, 5.41) is 18.8. The lowest BCUT2D eigenvalue weighted by Gasteiger charge is -2.31. The predicted octanol–water partition coefficient (Wildman–Crippen LogP) is 1.38. The molecule has 0 saturated heterocycles. The molecule has 0 spiro atoms. The van der Waals surface area contributed by atoms with E-state index in [9.17, 15) is 9.90 Å². The van der Waals surface area contributed by atoms with Crippen LogP contribution in [0.15, 0.2) is 35.4 Å².